The highest BCUT2D eigenvalue weighted by atomic mass is 16.4. The van der Waals surface area contributed by atoms with Crippen molar-refractivity contribution in [3.8, 4) is 0 Å². The number of benzene rings is 1. The van der Waals surface area contributed by atoms with Gasteiger partial charge in [-0.05, 0) is 19.1 Å². The largest absolute Gasteiger partial charge is 0.480 e. The van der Waals surface area contributed by atoms with Crippen LogP contribution in [0.5, 0.6) is 0 Å². The van der Waals surface area contributed by atoms with E-state index in [1.807, 2.05) is 0 Å². The number of aliphatic hydroxyl groups excluding tert-OH is 1. The molecule has 5 nitrogen and oxygen atoms in total. The molecule has 0 saturated carbocycles. The third-order valence-electron chi connectivity index (χ3n) is 2.18. The van der Waals surface area contributed by atoms with Gasteiger partial charge in [0.2, 0.25) is 0 Å². The van der Waals surface area contributed by atoms with Gasteiger partial charge in [-0.3, -0.25) is 9.69 Å². The van der Waals surface area contributed by atoms with Crippen molar-refractivity contribution < 1.29 is 19.8 Å². The SMILES string of the molecule is C[C@@H](C(=O)O)N(C(=O)CO)c1ccccc1. The molecule has 0 aromatic heterocycles. The van der Waals surface area contributed by atoms with Gasteiger partial charge in [0.1, 0.15) is 12.6 Å². The zero-order chi connectivity index (χ0) is 12.1. The van der Waals surface area contributed by atoms with E-state index in [4.69, 9.17) is 10.2 Å². The summed E-state index contributed by atoms with van der Waals surface area (Å²) in [5.74, 6) is -1.76. The molecule has 2 N–H and O–H groups in total. The van der Waals surface area contributed by atoms with Crippen molar-refractivity contribution in [1.82, 2.24) is 0 Å². The highest BCUT2D eigenvalue weighted by Gasteiger charge is 2.26. The lowest BCUT2D eigenvalue weighted by Gasteiger charge is -2.25. The Kier molecular flexibility index (Phi) is 4.02. The van der Waals surface area contributed by atoms with Gasteiger partial charge in [0.05, 0.1) is 0 Å². The fourth-order valence-corrected chi connectivity index (χ4v) is 1.36. The van der Waals surface area contributed by atoms with Gasteiger partial charge < -0.3 is 10.2 Å². The van der Waals surface area contributed by atoms with Crippen molar-refractivity contribution in [3.63, 3.8) is 0 Å². The maximum Gasteiger partial charge on any atom is 0.326 e. The van der Waals surface area contributed by atoms with Crippen LogP contribution in [0.4, 0.5) is 5.69 Å². The van der Waals surface area contributed by atoms with E-state index in [2.05, 4.69) is 0 Å². The lowest BCUT2D eigenvalue weighted by molar-refractivity contribution is -0.140. The molecule has 1 rings (SSSR count). The first-order chi connectivity index (χ1) is 7.57. The van der Waals surface area contributed by atoms with Gasteiger partial charge in [-0.25, -0.2) is 4.79 Å². The highest BCUT2D eigenvalue weighted by Crippen LogP contribution is 2.16. The van der Waals surface area contributed by atoms with Gasteiger partial charge in [-0.2, -0.15) is 0 Å². The van der Waals surface area contributed by atoms with Crippen molar-refractivity contribution in [3.05, 3.63) is 30.3 Å². The van der Waals surface area contributed by atoms with Gasteiger partial charge in [0, 0.05) is 5.69 Å². The maximum absolute atomic E-state index is 11.5. The highest BCUT2D eigenvalue weighted by molar-refractivity contribution is 5.99. The minimum Gasteiger partial charge on any atom is -0.480 e. The van der Waals surface area contributed by atoms with Gasteiger partial charge in [0.15, 0.2) is 0 Å². The first-order valence-electron chi connectivity index (χ1n) is 4.78. The molecule has 1 aromatic carbocycles. The third kappa shape index (κ3) is 2.58. The minimum atomic E-state index is -1.12. The Hall–Kier alpha value is -1.88. The zero-order valence-corrected chi connectivity index (χ0v) is 8.83. The van der Waals surface area contributed by atoms with Crippen molar-refractivity contribution in [1.29, 1.82) is 0 Å². The van der Waals surface area contributed by atoms with Gasteiger partial charge in [-0.15, -0.1) is 0 Å². The van der Waals surface area contributed by atoms with Crippen LogP contribution in [0, 0.1) is 0 Å². The molecule has 0 spiro atoms. The molecule has 86 valence electrons. The molecule has 1 amide bonds. The Morgan fingerprint density at radius 1 is 1.31 bits per heavy atom. The molecule has 0 fully saturated rings. The van der Waals surface area contributed by atoms with Crippen LogP contribution >= 0.6 is 0 Å². The molecule has 0 bridgehead atoms. The van der Waals surface area contributed by atoms with Crippen LogP contribution in [0.1, 0.15) is 6.92 Å². The number of aliphatic carboxylic acids is 1. The fourth-order valence-electron chi connectivity index (χ4n) is 1.36. The first-order valence-corrected chi connectivity index (χ1v) is 4.78. The topological polar surface area (TPSA) is 77.8 Å². The lowest BCUT2D eigenvalue weighted by Crippen LogP contribution is -2.44. The van der Waals surface area contributed by atoms with Crippen LogP contribution in [-0.2, 0) is 9.59 Å². The standard InChI is InChI=1S/C11H13NO4/c1-8(11(15)16)12(10(14)7-13)9-5-3-2-4-6-9/h2-6,8,13H,7H2,1H3,(H,15,16)/t8-/m0/s1. The number of carboxylic acid groups (broad SMARTS) is 1. The normalized spacial score (nSPS) is 11.9. The van der Waals surface area contributed by atoms with Crippen LogP contribution in [0.2, 0.25) is 0 Å². The molecule has 1 aromatic rings. The molecular formula is C11H13NO4. The van der Waals surface area contributed by atoms with Crippen molar-refractivity contribution in [2.24, 2.45) is 0 Å². The van der Waals surface area contributed by atoms with Crippen molar-refractivity contribution >= 4 is 17.6 Å². The van der Waals surface area contributed by atoms with E-state index in [9.17, 15) is 9.59 Å². The third-order valence-corrected chi connectivity index (χ3v) is 2.18. The Bertz CT molecular complexity index is 377. The number of para-hydroxylation sites is 1. The molecule has 0 aliphatic heterocycles. The van der Waals surface area contributed by atoms with E-state index >= 15 is 0 Å². The second kappa shape index (κ2) is 5.27. The number of aliphatic hydroxyl groups is 1. The predicted octanol–water partition coefficient (Wildman–Crippen LogP) is 0.485. The van der Waals surface area contributed by atoms with Crippen LogP contribution in [0.3, 0.4) is 0 Å². The Labute approximate surface area is 92.9 Å². The summed E-state index contributed by atoms with van der Waals surface area (Å²) in [7, 11) is 0. The van der Waals surface area contributed by atoms with E-state index in [0.717, 1.165) is 4.90 Å². The summed E-state index contributed by atoms with van der Waals surface area (Å²) in [6.07, 6.45) is 0. The number of nitrogens with zero attached hydrogens (tertiary/aromatic N) is 1. The molecule has 0 unspecified atom stereocenters. The maximum atomic E-state index is 11.5. The van der Waals surface area contributed by atoms with Gasteiger partial charge in [0.25, 0.3) is 5.91 Å². The molecular weight excluding hydrogens is 210 g/mol. The average Bonchev–Trinajstić information content (AvgIpc) is 2.30. The second-order valence-corrected chi connectivity index (χ2v) is 3.27. The van der Waals surface area contributed by atoms with Crippen LogP contribution in [-0.4, -0.2) is 34.7 Å². The summed E-state index contributed by atoms with van der Waals surface area (Å²) in [4.78, 5) is 23.4. The van der Waals surface area contributed by atoms with E-state index in [0.29, 0.717) is 5.69 Å². The smallest absolute Gasteiger partial charge is 0.326 e. The predicted molar refractivity (Wildman–Crippen MR) is 58.1 cm³/mol. The fraction of sp³-hybridized carbons (Fsp3) is 0.273. The summed E-state index contributed by atoms with van der Waals surface area (Å²) < 4.78 is 0. The number of carboxylic acids is 1. The number of carbonyl (C=O) groups is 2. The summed E-state index contributed by atoms with van der Waals surface area (Å²) in [6, 6.07) is 7.38. The summed E-state index contributed by atoms with van der Waals surface area (Å²) in [5, 5.41) is 17.7. The van der Waals surface area contributed by atoms with E-state index in [1.54, 1.807) is 30.3 Å². The number of carbonyl (C=O) groups excluding carboxylic acids is 1. The first kappa shape index (κ1) is 12.2. The number of anilines is 1. The summed E-state index contributed by atoms with van der Waals surface area (Å²) in [6.45, 7) is 0.676. The van der Waals surface area contributed by atoms with Crippen LogP contribution in [0.25, 0.3) is 0 Å². The summed E-state index contributed by atoms with van der Waals surface area (Å²) in [5.41, 5.74) is 0.455. The molecule has 0 radical (unpaired) electrons. The molecule has 1 atom stereocenters. The van der Waals surface area contributed by atoms with E-state index in [-0.39, 0.29) is 0 Å². The summed E-state index contributed by atoms with van der Waals surface area (Å²) >= 11 is 0. The molecule has 0 aliphatic carbocycles. The van der Waals surface area contributed by atoms with Gasteiger partial charge >= 0.3 is 5.97 Å². The molecule has 5 heteroatoms. The number of hydrogen-bond donors (Lipinski definition) is 2. The minimum absolute atomic E-state index is 0.455. The molecule has 0 aliphatic rings. The Morgan fingerprint density at radius 2 is 1.88 bits per heavy atom. The molecule has 16 heavy (non-hydrogen) atoms. The van der Waals surface area contributed by atoms with Crippen molar-refractivity contribution in [2.75, 3.05) is 11.5 Å². The van der Waals surface area contributed by atoms with Crippen molar-refractivity contribution in [2.45, 2.75) is 13.0 Å². The van der Waals surface area contributed by atoms with E-state index in [1.165, 1.54) is 6.92 Å². The number of hydrogen-bond acceptors (Lipinski definition) is 3. The Balaban J connectivity index is 3.06. The quantitative estimate of drug-likeness (QED) is 0.778. The Morgan fingerprint density at radius 3 is 2.31 bits per heavy atom. The van der Waals surface area contributed by atoms with Gasteiger partial charge in [-0.1, -0.05) is 18.2 Å². The molecule has 0 heterocycles. The van der Waals surface area contributed by atoms with E-state index < -0.39 is 24.5 Å². The monoisotopic (exact) mass is 223 g/mol. The second-order valence-electron chi connectivity index (χ2n) is 3.27. The number of rotatable bonds is 4. The van der Waals surface area contributed by atoms with Crippen LogP contribution < -0.4 is 4.90 Å². The number of amides is 1. The van der Waals surface area contributed by atoms with Crippen LogP contribution in [0.15, 0.2) is 30.3 Å². The lowest BCUT2D eigenvalue weighted by atomic mass is 10.2. The zero-order valence-electron chi connectivity index (χ0n) is 8.83. The molecule has 0 saturated heterocycles. The average molecular weight is 223 g/mol.